The lowest BCUT2D eigenvalue weighted by molar-refractivity contribution is 0.0941. The van der Waals surface area contributed by atoms with Gasteiger partial charge in [0.1, 0.15) is 12.2 Å². The van der Waals surface area contributed by atoms with E-state index in [1.165, 1.54) is 0 Å². The third-order valence-corrected chi connectivity index (χ3v) is 5.05. The van der Waals surface area contributed by atoms with Crippen LogP contribution in [0.15, 0.2) is 85.2 Å². The molecule has 4 rings (SSSR count). The van der Waals surface area contributed by atoms with Crippen LogP contribution in [-0.4, -0.2) is 41.0 Å². The molecule has 1 N–H and O–H groups in total. The largest absolute Gasteiger partial charge is 0.475 e. The number of carbonyl (C=O) groups excluding carboxylic acids is 1. The number of amides is 1. The summed E-state index contributed by atoms with van der Waals surface area (Å²) in [6.07, 6.45) is 3.58. The number of benzene rings is 2. The van der Waals surface area contributed by atoms with Crippen LogP contribution in [0.1, 0.15) is 21.5 Å². The molecule has 2 heterocycles. The number of hydrogen-bond donors (Lipinski definition) is 1. The van der Waals surface area contributed by atoms with Gasteiger partial charge in [0.2, 0.25) is 5.88 Å². The molecule has 0 atom stereocenters. The van der Waals surface area contributed by atoms with Crippen molar-refractivity contribution in [3.63, 3.8) is 0 Å². The van der Waals surface area contributed by atoms with E-state index in [4.69, 9.17) is 14.6 Å². The number of aromatic nitrogens is 3. The van der Waals surface area contributed by atoms with Crippen molar-refractivity contribution >= 4 is 5.91 Å². The molecule has 168 valence electrons. The average molecular weight is 443 g/mol. The Morgan fingerprint density at radius 1 is 0.970 bits per heavy atom. The van der Waals surface area contributed by atoms with Crippen molar-refractivity contribution in [3.8, 4) is 17.1 Å². The van der Waals surface area contributed by atoms with Crippen LogP contribution in [0.25, 0.3) is 11.3 Å². The Labute approximate surface area is 193 Å². The van der Waals surface area contributed by atoms with Gasteiger partial charge in [-0.2, -0.15) is 5.10 Å². The SMILES string of the molecule is COCCOc1ncccc1C(=O)NCc1cn(Cc2ccccc2)nc1-c1ccccc1. The Bertz CT molecular complexity index is 1180. The predicted molar refractivity (Wildman–Crippen MR) is 126 cm³/mol. The van der Waals surface area contributed by atoms with Gasteiger partial charge in [0, 0.05) is 37.2 Å². The van der Waals surface area contributed by atoms with E-state index in [1.807, 2.05) is 59.4 Å². The highest BCUT2D eigenvalue weighted by Crippen LogP contribution is 2.23. The molecule has 0 fully saturated rings. The lowest BCUT2D eigenvalue weighted by atomic mass is 10.1. The summed E-state index contributed by atoms with van der Waals surface area (Å²) < 4.78 is 12.5. The van der Waals surface area contributed by atoms with E-state index in [-0.39, 0.29) is 11.8 Å². The second-order valence-corrected chi connectivity index (χ2v) is 7.43. The lowest BCUT2D eigenvalue weighted by Crippen LogP contribution is -2.24. The zero-order valence-electron chi connectivity index (χ0n) is 18.5. The molecule has 33 heavy (non-hydrogen) atoms. The summed E-state index contributed by atoms with van der Waals surface area (Å²) in [7, 11) is 1.59. The van der Waals surface area contributed by atoms with Crippen molar-refractivity contribution in [2.75, 3.05) is 20.3 Å². The van der Waals surface area contributed by atoms with Crippen molar-refractivity contribution < 1.29 is 14.3 Å². The van der Waals surface area contributed by atoms with Crippen LogP contribution in [0.3, 0.4) is 0 Å². The standard InChI is InChI=1S/C26H26N4O3/c1-32-15-16-33-26-23(13-8-14-27-26)25(31)28-17-22-19-30(18-20-9-4-2-5-10-20)29-24(22)21-11-6-3-7-12-21/h2-14,19H,15-18H2,1H3,(H,28,31). The first-order chi connectivity index (χ1) is 16.2. The van der Waals surface area contributed by atoms with Crippen LogP contribution < -0.4 is 10.1 Å². The molecule has 4 aromatic rings. The summed E-state index contributed by atoms with van der Waals surface area (Å²) in [5, 5.41) is 7.80. The number of hydrogen-bond acceptors (Lipinski definition) is 5. The van der Waals surface area contributed by atoms with Crippen LogP contribution in [-0.2, 0) is 17.8 Å². The summed E-state index contributed by atoms with van der Waals surface area (Å²) in [6.45, 7) is 1.70. The molecule has 2 aromatic heterocycles. The van der Waals surface area contributed by atoms with Gasteiger partial charge in [0.15, 0.2) is 0 Å². The molecule has 0 bridgehead atoms. The van der Waals surface area contributed by atoms with E-state index in [0.717, 1.165) is 22.4 Å². The summed E-state index contributed by atoms with van der Waals surface area (Å²) in [6, 6.07) is 23.5. The zero-order valence-corrected chi connectivity index (χ0v) is 18.5. The number of methoxy groups -OCH3 is 1. The molecule has 0 unspecified atom stereocenters. The fourth-order valence-electron chi connectivity index (χ4n) is 3.45. The highest BCUT2D eigenvalue weighted by atomic mass is 16.5. The van der Waals surface area contributed by atoms with Crippen LogP contribution in [0.4, 0.5) is 0 Å². The Morgan fingerprint density at radius 3 is 2.48 bits per heavy atom. The molecular formula is C26H26N4O3. The van der Waals surface area contributed by atoms with E-state index >= 15 is 0 Å². The molecule has 1 amide bonds. The molecule has 0 aliphatic rings. The van der Waals surface area contributed by atoms with Gasteiger partial charge in [0.05, 0.1) is 18.8 Å². The minimum atomic E-state index is -0.259. The number of rotatable bonds is 10. The van der Waals surface area contributed by atoms with Gasteiger partial charge >= 0.3 is 0 Å². The topological polar surface area (TPSA) is 78.3 Å². The van der Waals surface area contributed by atoms with E-state index in [0.29, 0.717) is 31.9 Å². The summed E-state index contributed by atoms with van der Waals surface area (Å²) in [5.74, 6) is 0.0282. The molecule has 0 aliphatic carbocycles. The zero-order chi connectivity index (χ0) is 22.9. The summed E-state index contributed by atoms with van der Waals surface area (Å²) in [4.78, 5) is 17.1. The minimum absolute atomic E-state index is 0.259. The Morgan fingerprint density at radius 2 is 1.73 bits per heavy atom. The molecule has 7 heteroatoms. The molecule has 0 spiro atoms. The molecular weight excluding hydrogens is 416 g/mol. The third-order valence-electron chi connectivity index (χ3n) is 5.05. The molecule has 0 aliphatic heterocycles. The van der Waals surface area contributed by atoms with Crippen molar-refractivity contribution in [2.45, 2.75) is 13.1 Å². The molecule has 0 saturated heterocycles. The lowest BCUT2D eigenvalue weighted by Gasteiger charge is -2.10. The first-order valence-electron chi connectivity index (χ1n) is 10.7. The third kappa shape index (κ3) is 5.84. The van der Waals surface area contributed by atoms with Gasteiger partial charge in [-0.25, -0.2) is 4.98 Å². The molecule has 7 nitrogen and oxygen atoms in total. The summed E-state index contributed by atoms with van der Waals surface area (Å²) >= 11 is 0. The Kier molecular flexibility index (Phi) is 7.45. The maximum atomic E-state index is 12.9. The van der Waals surface area contributed by atoms with Gasteiger partial charge in [-0.15, -0.1) is 0 Å². The van der Waals surface area contributed by atoms with Gasteiger partial charge < -0.3 is 14.8 Å². The van der Waals surface area contributed by atoms with Gasteiger partial charge in [-0.05, 0) is 17.7 Å². The minimum Gasteiger partial charge on any atom is -0.475 e. The maximum absolute atomic E-state index is 12.9. The smallest absolute Gasteiger partial charge is 0.257 e. The fraction of sp³-hybridized carbons (Fsp3) is 0.192. The highest BCUT2D eigenvalue weighted by Gasteiger charge is 2.16. The van der Waals surface area contributed by atoms with Crippen molar-refractivity contribution in [1.82, 2.24) is 20.1 Å². The highest BCUT2D eigenvalue weighted by molar-refractivity contribution is 5.96. The van der Waals surface area contributed by atoms with Gasteiger partial charge in [-0.3, -0.25) is 9.48 Å². The Hall–Kier alpha value is -3.97. The number of ether oxygens (including phenoxy) is 2. The molecule has 2 aromatic carbocycles. The van der Waals surface area contributed by atoms with Crippen molar-refractivity contribution in [3.05, 3.63) is 102 Å². The number of nitrogens with zero attached hydrogens (tertiary/aromatic N) is 3. The van der Waals surface area contributed by atoms with Crippen molar-refractivity contribution in [1.29, 1.82) is 0 Å². The first kappa shape index (κ1) is 22.2. The maximum Gasteiger partial charge on any atom is 0.257 e. The first-order valence-corrected chi connectivity index (χ1v) is 10.7. The second kappa shape index (κ2) is 11.1. The van der Waals surface area contributed by atoms with E-state index in [2.05, 4.69) is 22.4 Å². The number of carbonyl (C=O) groups is 1. The normalized spacial score (nSPS) is 10.7. The van der Waals surface area contributed by atoms with Crippen molar-refractivity contribution in [2.24, 2.45) is 0 Å². The van der Waals surface area contributed by atoms with E-state index < -0.39 is 0 Å². The van der Waals surface area contributed by atoms with Crippen LogP contribution in [0.5, 0.6) is 5.88 Å². The molecule has 0 saturated carbocycles. The summed E-state index contributed by atoms with van der Waals surface area (Å²) in [5.41, 5.74) is 4.30. The predicted octanol–water partition coefficient (Wildman–Crippen LogP) is 3.95. The van der Waals surface area contributed by atoms with Crippen LogP contribution in [0, 0.1) is 0 Å². The van der Waals surface area contributed by atoms with Crippen LogP contribution in [0.2, 0.25) is 0 Å². The number of pyridine rings is 1. The van der Waals surface area contributed by atoms with E-state index in [1.54, 1.807) is 25.4 Å². The Balaban J connectivity index is 1.53. The second-order valence-electron chi connectivity index (χ2n) is 7.43. The van der Waals surface area contributed by atoms with Crippen LogP contribution >= 0.6 is 0 Å². The number of nitrogens with one attached hydrogen (secondary N) is 1. The average Bonchev–Trinajstić information content (AvgIpc) is 3.26. The monoisotopic (exact) mass is 442 g/mol. The quantitative estimate of drug-likeness (QED) is 0.376. The van der Waals surface area contributed by atoms with Gasteiger partial charge in [0.25, 0.3) is 5.91 Å². The molecule has 0 radical (unpaired) electrons. The van der Waals surface area contributed by atoms with E-state index in [9.17, 15) is 4.79 Å². The van der Waals surface area contributed by atoms with Gasteiger partial charge in [-0.1, -0.05) is 60.7 Å². The fourth-order valence-corrected chi connectivity index (χ4v) is 3.45.